The molecule has 1 aliphatic rings. The Morgan fingerprint density at radius 2 is 2.08 bits per heavy atom. The fourth-order valence-corrected chi connectivity index (χ4v) is 3.25. The maximum Gasteiger partial charge on any atom is 0.255 e. The molecule has 4 rings (SSSR count). The fourth-order valence-electron chi connectivity index (χ4n) is 3.25. The minimum atomic E-state index is -0.110. The molecule has 3 aromatic rings. The molecular weight excluding hydrogens is 300 g/mol. The molecule has 0 bridgehead atoms. The molecular formula is C19H20N4O. The van der Waals surface area contributed by atoms with E-state index in [4.69, 9.17) is 0 Å². The van der Waals surface area contributed by atoms with Crippen LogP contribution in [0.5, 0.6) is 0 Å². The Kier molecular flexibility index (Phi) is 3.58. The third-order valence-electron chi connectivity index (χ3n) is 4.53. The Labute approximate surface area is 140 Å². The third kappa shape index (κ3) is 2.78. The number of aromatic nitrogens is 2. The van der Waals surface area contributed by atoms with Crippen molar-refractivity contribution in [2.75, 3.05) is 18.9 Å². The topological polar surface area (TPSA) is 61.0 Å². The number of imidazole rings is 1. The molecule has 2 N–H and O–H groups in total. The van der Waals surface area contributed by atoms with E-state index < -0.39 is 0 Å². The average molecular weight is 320 g/mol. The van der Waals surface area contributed by atoms with E-state index in [-0.39, 0.29) is 5.91 Å². The van der Waals surface area contributed by atoms with E-state index in [1.54, 1.807) is 0 Å². The van der Waals surface area contributed by atoms with Gasteiger partial charge in [0.1, 0.15) is 5.82 Å². The number of amides is 1. The van der Waals surface area contributed by atoms with Gasteiger partial charge < -0.3 is 15.2 Å². The number of anilines is 1. The second-order valence-corrected chi connectivity index (χ2v) is 6.48. The van der Waals surface area contributed by atoms with Crippen LogP contribution in [0.25, 0.3) is 11.0 Å². The zero-order chi connectivity index (χ0) is 16.7. The maximum atomic E-state index is 12.5. The number of carbonyl (C=O) groups excluding carboxylic acids is 1. The van der Waals surface area contributed by atoms with Crippen LogP contribution in [0.3, 0.4) is 0 Å². The first-order valence-corrected chi connectivity index (χ1v) is 8.16. The number of aryl methyl sites for hydroxylation is 1. The van der Waals surface area contributed by atoms with Crippen molar-refractivity contribution in [3.63, 3.8) is 0 Å². The average Bonchev–Trinajstić information content (AvgIpc) is 2.93. The number of aromatic amines is 1. The van der Waals surface area contributed by atoms with Gasteiger partial charge in [0.25, 0.3) is 5.91 Å². The van der Waals surface area contributed by atoms with Gasteiger partial charge in [-0.2, -0.15) is 0 Å². The van der Waals surface area contributed by atoms with Gasteiger partial charge in [0.15, 0.2) is 0 Å². The van der Waals surface area contributed by atoms with Crippen LogP contribution in [0.4, 0.5) is 5.69 Å². The van der Waals surface area contributed by atoms with E-state index in [9.17, 15) is 4.79 Å². The molecule has 0 unspecified atom stereocenters. The second kappa shape index (κ2) is 5.76. The lowest BCUT2D eigenvalue weighted by Gasteiger charge is -2.25. The van der Waals surface area contributed by atoms with Crippen molar-refractivity contribution in [3.05, 3.63) is 58.9 Å². The zero-order valence-electron chi connectivity index (χ0n) is 13.9. The molecule has 0 saturated heterocycles. The van der Waals surface area contributed by atoms with E-state index in [0.717, 1.165) is 42.1 Å². The molecule has 1 amide bonds. The summed E-state index contributed by atoms with van der Waals surface area (Å²) in [5.41, 5.74) is 5.88. The van der Waals surface area contributed by atoms with E-state index in [0.29, 0.717) is 5.56 Å². The minimum absolute atomic E-state index is 0.110. The quantitative estimate of drug-likeness (QED) is 0.763. The third-order valence-corrected chi connectivity index (χ3v) is 4.53. The normalized spacial score (nSPS) is 14.6. The summed E-state index contributed by atoms with van der Waals surface area (Å²) in [4.78, 5) is 22.4. The Balaban J connectivity index is 1.57. The molecule has 0 atom stereocenters. The van der Waals surface area contributed by atoms with Crippen LogP contribution < -0.4 is 5.32 Å². The Bertz CT molecular complexity index is 928. The molecule has 1 aliphatic heterocycles. The Morgan fingerprint density at radius 3 is 2.96 bits per heavy atom. The summed E-state index contributed by atoms with van der Waals surface area (Å²) in [6.07, 6.45) is 1.06. The van der Waals surface area contributed by atoms with Crippen LogP contribution in [0.2, 0.25) is 0 Å². The number of hydrogen-bond acceptors (Lipinski definition) is 3. The number of likely N-dealkylation sites (N-methyl/N-ethyl adjacent to an activating group) is 1. The molecule has 0 spiro atoms. The lowest BCUT2D eigenvalue weighted by molar-refractivity contribution is 0.102. The molecule has 2 heterocycles. The second-order valence-electron chi connectivity index (χ2n) is 6.48. The van der Waals surface area contributed by atoms with Crippen molar-refractivity contribution >= 4 is 22.6 Å². The molecule has 24 heavy (non-hydrogen) atoms. The number of H-pyrrole nitrogens is 1. The van der Waals surface area contributed by atoms with Crippen molar-refractivity contribution in [3.8, 4) is 0 Å². The number of fused-ring (bicyclic) bond motifs is 2. The minimum Gasteiger partial charge on any atom is -0.342 e. The monoisotopic (exact) mass is 320 g/mol. The summed E-state index contributed by atoms with van der Waals surface area (Å²) >= 11 is 0. The van der Waals surface area contributed by atoms with Gasteiger partial charge in [-0.25, -0.2) is 4.98 Å². The van der Waals surface area contributed by atoms with Crippen LogP contribution in [0.1, 0.15) is 27.3 Å². The van der Waals surface area contributed by atoms with Gasteiger partial charge in [0, 0.05) is 24.3 Å². The van der Waals surface area contributed by atoms with Gasteiger partial charge in [-0.05, 0) is 61.9 Å². The fraction of sp³-hybridized carbons (Fsp3) is 0.263. The van der Waals surface area contributed by atoms with Crippen molar-refractivity contribution in [2.24, 2.45) is 0 Å². The van der Waals surface area contributed by atoms with Crippen molar-refractivity contribution in [2.45, 2.75) is 19.9 Å². The summed E-state index contributed by atoms with van der Waals surface area (Å²) < 4.78 is 0. The summed E-state index contributed by atoms with van der Waals surface area (Å²) in [6.45, 7) is 3.92. The van der Waals surface area contributed by atoms with Crippen LogP contribution in [0.15, 0.2) is 36.4 Å². The van der Waals surface area contributed by atoms with Crippen LogP contribution >= 0.6 is 0 Å². The Hall–Kier alpha value is -2.66. The molecule has 0 saturated carbocycles. The summed E-state index contributed by atoms with van der Waals surface area (Å²) in [7, 11) is 2.12. The lowest BCUT2D eigenvalue weighted by atomic mass is 9.99. The number of nitrogens with zero attached hydrogens (tertiary/aromatic N) is 2. The van der Waals surface area contributed by atoms with Gasteiger partial charge in [-0.1, -0.05) is 6.07 Å². The molecule has 5 nitrogen and oxygen atoms in total. The standard InChI is InChI=1S/C19H20N4O/c1-12-20-17-6-4-14(10-18(17)21-12)19(24)22-16-5-3-13-7-8-23(2)11-15(13)9-16/h3-6,9-10H,7-8,11H2,1-2H3,(H,20,21)(H,22,24). The van der Waals surface area contributed by atoms with Gasteiger partial charge in [0.05, 0.1) is 11.0 Å². The van der Waals surface area contributed by atoms with E-state index in [2.05, 4.69) is 39.4 Å². The van der Waals surface area contributed by atoms with Crippen LogP contribution in [-0.2, 0) is 13.0 Å². The predicted octanol–water partition coefficient (Wildman–Crippen LogP) is 3.11. The number of benzene rings is 2. The number of nitrogens with one attached hydrogen (secondary N) is 2. The van der Waals surface area contributed by atoms with Crippen molar-refractivity contribution < 1.29 is 4.79 Å². The molecule has 0 radical (unpaired) electrons. The van der Waals surface area contributed by atoms with E-state index in [1.807, 2.05) is 31.2 Å². The highest BCUT2D eigenvalue weighted by atomic mass is 16.1. The molecule has 1 aromatic heterocycles. The molecule has 0 fully saturated rings. The van der Waals surface area contributed by atoms with E-state index in [1.165, 1.54) is 11.1 Å². The summed E-state index contributed by atoms with van der Waals surface area (Å²) in [5, 5.41) is 3.00. The largest absolute Gasteiger partial charge is 0.342 e. The van der Waals surface area contributed by atoms with Crippen LogP contribution in [0, 0.1) is 6.92 Å². The Morgan fingerprint density at radius 1 is 1.21 bits per heavy atom. The molecule has 122 valence electrons. The van der Waals surface area contributed by atoms with E-state index >= 15 is 0 Å². The predicted molar refractivity (Wildman–Crippen MR) is 95.3 cm³/mol. The van der Waals surface area contributed by atoms with Crippen molar-refractivity contribution in [1.82, 2.24) is 14.9 Å². The van der Waals surface area contributed by atoms with Crippen molar-refractivity contribution in [1.29, 1.82) is 0 Å². The van der Waals surface area contributed by atoms with Gasteiger partial charge >= 0.3 is 0 Å². The first-order chi connectivity index (χ1) is 11.6. The smallest absolute Gasteiger partial charge is 0.255 e. The summed E-state index contributed by atoms with van der Waals surface area (Å²) in [5.74, 6) is 0.739. The lowest BCUT2D eigenvalue weighted by Crippen LogP contribution is -2.26. The van der Waals surface area contributed by atoms with Gasteiger partial charge in [0.2, 0.25) is 0 Å². The number of rotatable bonds is 2. The highest BCUT2D eigenvalue weighted by molar-refractivity contribution is 6.06. The zero-order valence-corrected chi connectivity index (χ0v) is 13.9. The first-order valence-electron chi connectivity index (χ1n) is 8.16. The van der Waals surface area contributed by atoms with Gasteiger partial charge in [-0.15, -0.1) is 0 Å². The number of carbonyl (C=O) groups is 1. The first kappa shape index (κ1) is 14.9. The molecule has 5 heteroatoms. The number of hydrogen-bond donors (Lipinski definition) is 2. The SMILES string of the molecule is Cc1nc2cc(C(=O)Nc3ccc4c(c3)CN(C)CC4)ccc2[nH]1. The highest BCUT2D eigenvalue weighted by Crippen LogP contribution is 2.22. The van der Waals surface area contributed by atoms with Crippen LogP contribution in [-0.4, -0.2) is 34.4 Å². The van der Waals surface area contributed by atoms with Gasteiger partial charge in [-0.3, -0.25) is 4.79 Å². The molecule has 2 aromatic carbocycles. The molecule has 0 aliphatic carbocycles. The maximum absolute atomic E-state index is 12.5. The highest BCUT2D eigenvalue weighted by Gasteiger charge is 2.14. The summed E-state index contributed by atoms with van der Waals surface area (Å²) in [6, 6.07) is 11.7.